The molecule has 2 heterocycles. The van der Waals surface area contributed by atoms with E-state index in [0.717, 1.165) is 30.9 Å². The van der Waals surface area contributed by atoms with Gasteiger partial charge in [-0.2, -0.15) is 0 Å². The van der Waals surface area contributed by atoms with Crippen molar-refractivity contribution in [2.24, 2.45) is 5.92 Å². The summed E-state index contributed by atoms with van der Waals surface area (Å²) in [7, 11) is 0. The van der Waals surface area contributed by atoms with Gasteiger partial charge in [-0.05, 0) is 36.0 Å². The number of fused-ring (bicyclic) bond motifs is 1. The smallest absolute Gasteiger partial charge is 0.147 e. The van der Waals surface area contributed by atoms with Gasteiger partial charge >= 0.3 is 0 Å². The van der Waals surface area contributed by atoms with Gasteiger partial charge in [-0.1, -0.05) is 29.3 Å². The molecule has 1 saturated heterocycles. The van der Waals surface area contributed by atoms with Crippen LogP contribution in [0.15, 0.2) is 18.3 Å². The van der Waals surface area contributed by atoms with E-state index in [-0.39, 0.29) is 0 Å². The van der Waals surface area contributed by atoms with Crippen LogP contribution in [0.1, 0.15) is 18.4 Å². The maximum absolute atomic E-state index is 5.97. The Balaban J connectivity index is 1.89. The lowest BCUT2D eigenvalue weighted by Crippen LogP contribution is -2.53. The molecule has 3 rings (SSSR count). The van der Waals surface area contributed by atoms with E-state index in [4.69, 9.17) is 23.2 Å². The van der Waals surface area contributed by atoms with Gasteiger partial charge in [0.05, 0.1) is 5.02 Å². The van der Waals surface area contributed by atoms with E-state index in [2.05, 4.69) is 16.4 Å². The monoisotopic (exact) mass is 254 g/mol. The Morgan fingerprint density at radius 2 is 2.25 bits per heavy atom. The average molecular weight is 255 g/mol. The van der Waals surface area contributed by atoms with Crippen LogP contribution in [0.4, 0.5) is 0 Å². The molecule has 2 aliphatic rings. The highest BCUT2D eigenvalue weighted by Crippen LogP contribution is 2.35. The Hall–Kier alpha value is -0.570. The Morgan fingerprint density at radius 3 is 2.88 bits per heavy atom. The molecule has 0 bridgehead atoms. The van der Waals surface area contributed by atoms with E-state index in [1.54, 1.807) is 6.20 Å². The topological polar surface area (TPSA) is 24.9 Å². The molecular weight excluding hydrogens is 243 g/mol. The molecule has 1 aromatic heterocycles. The highest BCUT2D eigenvalue weighted by Gasteiger charge is 2.33. The first-order valence-corrected chi connectivity index (χ1v) is 6.23. The molecule has 4 heteroatoms. The first kappa shape index (κ1) is 10.6. The van der Waals surface area contributed by atoms with E-state index in [1.807, 2.05) is 6.07 Å². The lowest BCUT2D eigenvalue weighted by molar-refractivity contribution is 0.231. The number of rotatable bonds is 1. The molecule has 1 fully saturated rings. The molecular formula is C12H12Cl2N2. The predicted molar refractivity (Wildman–Crippen MR) is 66.7 cm³/mol. The molecule has 16 heavy (non-hydrogen) atoms. The summed E-state index contributed by atoms with van der Waals surface area (Å²) in [5.74, 6) is 0.833. The summed E-state index contributed by atoms with van der Waals surface area (Å²) >= 11 is 11.8. The second-order valence-electron chi connectivity index (χ2n) is 4.44. The van der Waals surface area contributed by atoms with E-state index in [0.29, 0.717) is 16.2 Å². The summed E-state index contributed by atoms with van der Waals surface area (Å²) in [5.41, 5.74) is 2.43. The van der Waals surface area contributed by atoms with Gasteiger partial charge in [0.25, 0.3) is 0 Å². The number of nitrogens with zero attached hydrogens (tertiary/aromatic N) is 1. The van der Waals surface area contributed by atoms with Gasteiger partial charge in [-0.15, -0.1) is 0 Å². The predicted octanol–water partition coefficient (Wildman–Crippen LogP) is 3.15. The third kappa shape index (κ3) is 1.75. The minimum Gasteiger partial charge on any atom is -0.313 e. The van der Waals surface area contributed by atoms with Crippen molar-refractivity contribution in [2.45, 2.75) is 18.9 Å². The number of hydrogen-bond acceptors (Lipinski definition) is 2. The van der Waals surface area contributed by atoms with E-state index in [1.165, 1.54) is 5.57 Å². The summed E-state index contributed by atoms with van der Waals surface area (Å²) in [4.78, 5) is 4.09. The second-order valence-corrected chi connectivity index (χ2v) is 5.21. The molecule has 1 N–H and O–H groups in total. The van der Waals surface area contributed by atoms with Crippen LogP contribution in [0.3, 0.4) is 0 Å². The maximum atomic E-state index is 5.97. The fourth-order valence-electron chi connectivity index (χ4n) is 2.38. The number of aromatic nitrogens is 1. The molecule has 0 aromatic carbocycles. The summed E-state index contributed by atoms with van der Waals surface area (Å²) in [6.07, 6.45) is 6.35. The van der Waals surface area contributed by atoms with Crippen molar-refractivity contribution in [1.29, 1.82) is 0 Å². The quantitative estimate of drug-likeness (QED) is 0.780. The minimum atomic E-state index is 0.376. The SMILES string of the molecule is Clc1cc(C2=CCC3CNC3C2)cnc1Cl. The number of allylic oxidation sites excluding steroid dienone is 1. The standard InChI is InChI=1S/C12H12Cl2N2/c13-10-3-9(6-16-12(10)14)7-1-2-8-5-15-11(8)4-7/h1,3,6,8,11,15H,2,4-5H2. The molecule has 2 unspecified atom stereocenters. The number of nitrogens with one attached hydrogen (secondary N) is 1. The third-order valence-corrected chi connectivity index (χ3v) is 4.17. The fourth-order valence-corrected chi connectivity index (χ4v) is 2.65. The van der Waals surface area contributed by atoms with Crippen LogP contribution in [0.2, 0.25) is 10.2 Å². The van der Waals surface area contributed by atoms with Gasteiger partial charge < -0.3 is 5.32 Å². The normalized spacial score (nSPS) is 28.0. The van der Waals surface area contributed by atoms with Crippen molar-refractivity contribution in [3.05, 3.63) is 34.1 Å². The average Bonchev–Trinajstić information content (AvgIpc) is 2.24. The van der Waals surface area contributed by atoms with Crippen LogP contribution >= 0.6 is 23.2 Å². The van der Waals surface area contributed by atoms with Gasteiger partial charge in [-0.3, -0.25) is 0 Å². The van der Waals surface area contributed by atoms with Crippen molar-refractivity contribution in [3.8, 4) is 0 Å². The van der Waals surface area contributed by atoms with Crippen LogP contribution in [0.5, 0.6) is 0 Å². The van der Waals surface area contributed by atoms with Gasteiger partial charge in [0.15, 0.2) is 0 Å². The molecule has 1 aromatic rings. The fraction of sp³-hybridized carbons (Fsp3) is 0.417. The third-order valence-electron chi connectivity index (χ3n) is 3.49. The molecule has 2 nitrogen and oxygen atoms in total. The molecule has 0 radical (unpaired) electrons. The van der Waals surface area contributed by atoms with Crippen LogP contribution in [-0.2, 0) is 0 Å². The first-order chi connectivity index (χ1) is 7.74. The summed E-state index contributed by atoms with van der Waals surface area (Å²) in [5, 5.41) is 4.36. The molecule has 2 atom stereocenters. The van der Waals surface area contributed by atoms with Crippen molar-refractivity contribution >= 4 is 28.8 Å². The Bertz CT molecular complexity index is 456. The minimum absolute atomic E-state index is 0.376. The van der Waals surface area contributed by atoms with E-state index < -0.39 is 0 Å². The van der Waals surface area contributed by atoms with Gasteiger partial charge in [0.2, 0.25) is 0 Å². The maximum Gasteiger partial charge on any atom is 0.147 e. The summed E-state index contributed by atoms with van der Waals surface area (Å²) in [6.45, 7) is 1.16. The Kier molecular flexibility index (Phi) is 2.66. The van der Waals surface area contributed by atoms with Gasteiger partial charge in [0.1, 0.15) is 5.15 Å². The van der Waals surface area contributed by atoms with Crippen molar-refractivity contribution in [1.82, 2.24) is 10.3 Å². The lowest BCUT2D eigenvalue weighted by Gasteiger charge is -2.41. The Labute approximate surface area is 105 Å². The van der Waals surface area contributed by atoms with Gasteiger partial charge in [-0.25, -0.2) is 4.98 Å². The van der Waals surface area contributed by atoms with Crippen LogP contribution in [0, 0.1) is 5.92 Å². The lowest BCUT2D eigenvalue weighted by atomic mass is 9.78. The van der Waals surface area contributed by atoms with Gasteiger partial charge in [0, 0.05) is 18.8 Å². The summed E-state index contributed by atoms with van der Waals surface area (Å²) in [6, 6.07) is 2.55. The van der Waals surface area contributed by atoms with E-state index >= 15 is 0 Å². The highest BCUT2D eigenvalue weighted by atomic mass is 35.5. The number of hydrogen-bond donors (Lipinski definition) is 1. The molecule has 84 valence electrons. The second kappa shape index (κ2) is 4.02. The zero-order valence-electron chi connectivity index (χ0n) is 8.71. The molecule has 0 saturated carbocycles. The molecule has 1 aliphatic heterocycles. The van der Waals surface area contributed by atoms with E-state index in [9.17, 15) is 0 Å². The summed E-state index contributed by atoms with van der Waals surface area (Å²) < 4.78 is 0. The van der Waals surface area contributed by atoms with Crippen LogP contribution in [0.25, 0.3) is 5.57 Å². The Morgan fingerprint density at radius 1 is 1.38 bits per heavy atom. The van der Waals surface area contributed by atoms with Crippen molar-refractivity contribution in [2.75, 3.05) is 6.54 Å². The highest BCUT2D eigenvalue weighted by molar-refractivity contribution is 6.41. The zero-order chi connectivity index (χ0) is 11.1. The van der Waals surface area contributed by atoms with Crippen LogP contribution < -0.4 is 5.32 Å². The zero-order valence-corrected chi connectivity index (χ0v) is 10.2. The first-order valence-electron chi connectivity index (χ1n) is 5.48. The molecule has 1 aliphatic carbocycles. The molecule has 0 amide bonds. The van der Waals surface area contributed by atoms with Crippen LogP contribution in [-0.4, -0.2) is 17.6 Å². The largest absolute Gasteiger partial charge is 0.313 e. The number of halogens is 2. The van der Waals surface area contributed by atoms with Crippen molar-refractivity contribution in [3.63, 3.8) is 0 Å². The molecule has 0 spiro atoms. The van der Waals surface area contributed by atoms with Crippen molar-refractivity contribution < 1.29 is 0 Å². The number of pyridine rings is 1.